The number of benzene rings is 1. The Bertz CT molecular complexity index is 513. The van der Waals surface area contributed by atoms with E-state index >= 15 is 0 Å². The molecule has 0 aliphatic carbocycles. The third kappa shape index (κ3) is 3.12. The average Bonchev–Trinajstić information content (AvgIpc) is 2.32. The number of hydrogen-bond acceptors (Lipinski definition) is 4. The molecule has 1 aromatic carbocycles. The fraction of sp³-hybridized carbons (Fsp3) is 0.429. The van der Waals surface area contributed by atoms with Crippen molar-refractivity contribution in [2.24, 2.45) is 0 Å². The summed E-state index contributed by atoms with van der Waals surface area (Å²) in [6.07, 6.45) is 0.831. The molecular weight excluding hydrogens is 244 g/mol. The Labute approximate surface area is 112 Å². The summed E-state index contributed by atoms with van der Waals surface area (Å²) >= 11 is 0. The van der Waals surface area contributed by atoms with Gasteiger partial charge in [0.25, 0.3) is 0 Å². The Balaban J connectivity index is 2.06. The highest BCUT2D eigenvalue weighted by molar-refractivity contribution is 6.00. The molecule has 3 N–H and O–H groups in total. The maximum absolute atomic E-state index is 11.7. The van der Waals surface area contributed by atoms with E-state index in [0.717, 1.165) is 11.1 Å². The zero-order valence-electron chi connectivity index (χ0n) is 11.1. The van der Waals surface area contributed by atoms with Gasteiger partial charge in [0.05, 0.1) is 6.04 Å². The van der Waals surface area contributed by atoms with Gasteiger partial charge in [0.15, 0.2) is 0 Å². The number of aromatic hydroxyl groups is 1. The number of imide groups is 1. The topological polar surface area (TPSA) is 78.4 Å². The molecule has 1 aromatic rings. The van der Waals surface area contributed by atoms with Crippen LogP contribution in [0, 0.1) is 6.92 Å². The molecule has 1 fully saturated rings. The quantitative estimate of drug-likeness (QED) is 0.714. The minimum Gasteiger partial charge on any atom is -0.508 e. The zero-order valence-corrected chi connectivity index (χ0v) is 11.1. The van der Waals surface area contributed by atoms with E-state index < -0.39 is 6.04 Å². The number of phenolic OH excluding ortho intramolecular Hbond substituents is 1. The number of aryl methyl sites for hydroxylation is 1. The number of carbonyl (C=O) groups excluding carboxylic acids is 2. The predicted molar refractivity (Wildman–Crippen MR) is 70.6 cm³/mol. The number of amides is 2. The molecule has 2 atom stereocenters. The smallest absolute Gasteiger partial charge is 0.243 e. The summed E-state index contributed by atoms with van der Waals surface area (Å²) in [5.41, 5.74) is 1.73. The molecule has 19 heavy (non-hydrogen) atoms. The van der Waals surface area contributed by atoms with E-state index in [-0.39, 0.29) is 23.6 Å². The molecule has 1 saturated heterocycles. The number of phenols is 1. The molecule has 102 valence electrons. The van der Waals surface area contributed by atoms with E-state index in [0.29, 0.717) is 12.8 Å². The Kier molecular flexibility index (Phi) is 3.85. The highest BCUT2D eigenvalue weighted by atomic mass is 16.3. The van der Waals surface area contributed by atoms with Gasteiger partial charge >= 0.3 is 0 Å². The predicted octanol–water partition coefficient (Wildman–Crippen LogP) is 1.16. The van der Waals surface area contributed by atoms with Crippen LogP contribution < -0.4 is 10.6 Å². The fourth-order valence-corrected chi connectivity index (χ4v) is 2.26. The number of piperidine rings is 1. The standard InChI is InChI=1S/C14H18N2O3/c1-8-3-4-10(12(17)7-8)9(2)15-11-5-6-13(18)16-14(11)19/h3-4,7,9,11,15,17H,5-6H2,1-2H3,(H,16,18,19). The van der Waals surface area contributed by atoms with Crippen LogP contribution in [0.3, 0.4) is 0 Å². The first kappa shape index (κ1) is 13.5. The lowest BCUT2D eigenvalue weighted by molar-refractivity contribution is -0.134. The van der Waals surface area contributed by atoms with Crippen molar-refractivity contribution >= 4 is 11.8 Å². The van der Waals surface area contributed by atoms with E-state index in [9.17, 15) is 14.7 Å². The highest BCUT2D eigenvalue weighted by Crippen LogP contribution is 2.25. The summed E-state index contributed by atoms with van der Waals surface area (Å²) in [6, 6.07) is 4.89. The normalized spacial score (nSPS) is 21.1. The van der Waals surface area contributed by atoms with Crippen LogP contribution in [0.15, 0.2) is 18.2 Å². The SMILES string of the molecule is Cc1ccc(C(C)NC2CCC(=O)NC2=O)c(O)c1. The molecule has 1 aliphatic heterocycles. The molecule has 2 rings (SSSR count). The lowest BCUT2D eigenvalue weighted by atomic mass is 10.0. The minimum absolute atomic E-state index is 0.162. The highest BCUT2D eigenvalue weighted by Gasteiger charge is 2.28. The van der Waals surface area contributed by atoms with Crippen molar-refractivity contribution in [3.8, 4) is 5.75 Å². The third-order valence-corrected chi connectivity index (χ3v) is 3.34. The van der Waals surface area contributed by atoms with Gasteiger partial charge < -0.3 is 5.11 Å². The lowest BCUT2D eigenvalue weighted by Crippen LogP contribution is -2.51. The van der Waals surface area contributed by atoms with Crippen molar-refractivity contribution in [3.63, 3.8) is 0 Å². The van der Waals surface area contributed by atoms with Gasteiger partial charge in [-0.15, -0.1) is 0 Å². The van der Waals surface area contributed by atoms with Crippen molar-refractivity contribution in [2.45, 2.75) is 38.8 Å². The first-order valence-corrected chi connectivity index (χ1v) is 6.36. The lowest BCUT2D eigenvalue weighted by Gasteiger charge is -2.26. The number of hydrogen-bond donors (Lipinski definition) is 3. The number of carbonyl (C=O) groups is 2. The van der Waals surface area contributed by atoms with Gasteiger partial charge in [-0.2, -0.15) is 0 Å². The molecule has 0 aromatic heterocycles. The van der Waals surface area contributed by atoms with Crippen molar-refractivity contribution in [1.82, 2.24) is 10.6 Å². The van der Waals surface area contributed by atoms with Gasteiger partial charge in [0.2, 0.25) is 11.8 Å². The van der Waals surface area contributed by atoms with Crippen molar-refractivity contribution in [1.29, 1.82) is 0 Å². The second-order valence-electron chi connectivity index (χ2n) is 4.95. The van der Waals surface area contributed by atoms with E-state index in [1.54, 1.807) is 6.07 Å². The van der Waals surface area contributed by atoms with Crippen molar-refractivity contribution in [3.05, 3.63) is 29.3 Å². The summed E-state index contributed by atoms with van der Waals surface area (Å²) < 4.78 is 0. The van der Waals surface area contributed by atoms with Crippen LogP contribution in [-0.2, 0) is 9.59 Å². The molecule has 5 heteroatoms. The minimum atomic E-state index is -0.395. The molecule has 1 heterocycles. The summed E-state index contributed by atoms with van der Waals surface area (Å²) in [5.74, 6) is -0.309. The van der Waals surface area contributed by atoms with Gasteiger partial charge in [-0.3, -0.25) is 20.2 Å². The Morgan fingerprint density at radius 2 is 2.16 bits per heavy atom. The molecule has 0 saturated carbocycles. The second-order valence-corrected chi connectivity index (χ2v) is 4.95. The van der Waals surface area contributed by atoms with Crippen LogP contribution in [0.25, 0.3) is 0 Å². The van der Waals surface area contributed by atoms with E-state index in [4.69, 9.17) is 0 Å². The monoisotopic (exact) mass is 262 g/mol. The first-order chi connectivity index (χ1) is 8.97. The van der Waals surface area contributed by atoms with Crippen LogP contribution in [0.1, 0.15) is 36.9 Å². The van der Waals surface area contributed by atoms with E-state index in [2.05, 4.69) is 10.6 Å². The summed E-state index contributed by atoms with van der Waals surface area (Å²) in [5, 5.41) is 15.4. The maximum atomic E-state index is 11.7. The van der Waals surface area contributed by atoms with Crippen LogP contribution in [0.5, 0.6) is 5.75 Å². The fourth-order valence-electron chi connectivity index (χ4n) is 2.26. The van der Waals surface area contributed by atoms with Gasteiger partial charge in [0.1, 0.15) is 5.75 Å². The Morgan fingerprint density at radius 1 is 1.42 bits per heavy atom. The summed E-state index contributed by atoms with van der Waals surface area (Å²) in [6.45, 7) is 3.79. The van der Waals surface area contributed by atoms with Crippen LogP contribution in [0.4, 0.5) is 0 Å². The number of nitrogens with one attached hydrogen (secondary N) is 2. The Hall–Kier alpha value is -1.88. The second kappa shape index (κ2) is 5.40. The van der Waals surface area contributed by atoms with E-state index in [1.165, 1.54) is 0 Å². The molecule has 5 nitrogen and oxygen atoms in total. The van der Waals surface area contributed by atoms with Gasteiger partial charge in [-0.1, -0.05) is 12.1 Å². The molecule has 2 unspecified atom stereocenters. The summed E-state index contributed by atoms with van der Waals surface area (Å²) in [4.78, 5) is 22.7. The Morgan fingerprint density at radius 3 is 2.79 bits per heavy atom. The number of rotatable bonds is 3. The first-order valence-electron chi connectivity index (χ1n) is 6.36. The zero-order chi connectivity index (χ0) is 14.0. The van der Waals surface area contributed by atoms with Gasteiger partial charge in [0, 0.05) is 18.0 Å². The van der Waals surface area contributed by atoms with Crippen molar-refractivity contribution < 1.29 is 14.7 Å². The average molecular weight is 262 g/mol. The molecule has 0 bridgehead atoms. The molecule has 0 radical (unpaired) electrons. The molecule has 0 spiro atoms. The van der Waals surface area contributed by atoms with E-state index in [1.807, 2.05) is 26.0 Å². The molecular formula is C14H18N2O3. The van der Waals surface area contributed by atoms with Crippen molar-refractivity contribution in [2.75, 3.05) is 0 Å². The third-order valence-electron chi connectivity index (χ3n) is 3.34. The summed E-state index contributed by atoms with van der Waals surface area (Å²) in [7, 11) is 0. The molecule has 2 amide bonds. The van der Waals surface area contributed by atoms with Gasteiger partial charge in [-0.25, -0.2) is 0 Å². The van der Waals surface area contributed by atoms with Crippen LogP contribution >= 0.6 is 0 Å². The molecule has 1 aliphatic rings. The maximum Gasteiger partial charge on any atom is 0.243 e. The van der Waals surface area contributed by atoms with Crippen LogP contribution in [0.2, 0.25) is 0 Å². The largest absolute Gasteiger partial charge is 0.508 e. The van der Waals surface area contributed by atoms with Gasteiger partial charge in [-0.05, 0) is 31.9 Å². The van der Waals surface area contributed by atoms with Crippen LogP contribution in [-0.4, -0.2) is 23.0 Å².